The zero-order valence-electron chi connectivity index (χ0n) is 12.9. The van der Waals surface area contributed by atoms with Gasteiger partial charge in [0.15, 0.2) is 22.3 Å². The van der Waals surface area contributed by atoms with Crippen LogP contribution in [-0.2, 0) is 0 Å². The van der Waals surface area contributed by atoms with Crippen molar-refractivity contribution in [1.29, 1.82) is 0 Å². The van der Waals surface area contributed by atoms with Gasteiger partial charge in [-0.25, -0.2) is 10.4 Å². The molecule has 0 aliphatic heterocycles. The smallest absolute Gasteiger partial charge is 0.291 e. The molecule has 25 heavy (non-hydrogen) atoms. The van der Waals surface area contributed by atoms with E-state index in [0.717, 1.165) is 0 Å². The summed E-state index contributed by atoms with van der Waals surface area (Å²) in [6.45, 7) is 2.19. The number of halogens is 3. The summed E-state index contributed by atoms with van der Waals surface area (Å²) in [4.78, 5) is 15.9. The van der Waals surface area contributed by atoms with Crippen LogP contribution >= 0.6 is 34.8 Å². The number of phenolic OH excluding ortho intramolecular Hbond substituents is 1. The van der Waals surface area contributed by atoms with Gasteiger partial charge < -0.3 is 15.6 Å². The van der Waals surface area contributed by atoms with Gasteiger partial charge in [-0.05, 0) is 30.7 Å². The molecule has 0 unspecified atom stereocenters. The maximum atomic E-state index is 12.1. The molecule has 1 heterocycles. The molecule has 1 aromatic heterocycles. The molecular weight excluding hydrogens is 391 g/mol. The van der Waals surface area contributed by atoms with E-state index in [1.165, 1.54) is 12.3 Å². The zero-order chi connectivity index (χ0) is 18.6. The predicted octanol–water partition coefficient (Wildman–Crippen LogP) is 3.49. The third kappa shape index (κ3) is 4.45. The summed E-state index contributed by atoms with van der Waals surface area (Å²) >= 11 is 17.5. The first-order valence-corrected chi connectivity index (χ1v) is 8.07. The molecular formula is C15H13Cl3N4O3. The van der Waals surface area contributed by atoms with E-state index in [0.29, 0.717) is 17.9 Å². The number of benzene rings is 1. The Bertz CT molecular complexity index is 843. The number of nitrogen functional groups attached to an aromatic ring is 1. The Morgan fingerprint density at radius 1 is 1.40 bits per heavy atom. The number of hydrogen-bond acceptors (Lipinski definition) is 6. The second-order valence-corrected chi connectivity index (χ2v) is 5.77. The van der Waals surface area contributed by atoms with Crippen molar-refractivity contribution in [3.8, 4) is 11.5 Å². The SMILES string of the molecule is CCOc1cc(/C=N/NC(=O)c2nc(Cl)c(Cl)c(N)c2Cl)ccc1O. The van der Waals surface area contributed by atoms with Gasteiger partial charge in [0, 0.05) is 0 Å². The van der Waals surface area contributed by atoms with Gasteiger partial charge >= 0.3 is 0 Å². The first-order valence-electron chi connectivity index (χ1n) is 6.94. The number of carbonyl (C=O) groups is 1. The third-order valence-electron chi connectivity index (χ3n) is 2.95. The molecule has 0 saturated carbocycles. The maximum Gasteiger partial charge on any atom is 0.291 e. The van der Waals surface area contributed by atoms with E-state index in [2.05, 4.69) is 15.5 Å². The van der Waals surface area contributed by atoms with Crippen molar-refractivity contribution in [1.82, 2.24) is 10.4 Å². The molecule has 0 atom stereocenters. The lowest BCUT2D eigenvalue weighted by Crippen LogP contribution is -2.20. The van der Waals surface area contributed by atoms with E-state index in [9.17, 15) is 9.90 Å². The molecule has 1 aromatic carbocycles. The van der Waals surface area contributed by atoms with Gasteiger partial charge in [0.2, 0.25) is 0 Å². The second-order valence-electron chi connectivity index (χ2n) is 4.65. The highest BCUT2D eigenvalue weighted by atomic mass is 35.5. The standard InChI is InChI=1S/C15H13Cl3N4O3/c1-2-25-9-5-7(3-4-8(9)23)6-20-22-15(24)13-10(16)12(19)11(17)14(18)21-13/h3-6,23H,2H2,1H3,(H2,19,21)(H,22,24)/b20-6+. The first kappa shape index (κ1) is 19.1. The molecule has 4 N–H and O–H groups in total. The Labute approximate surface area is 158 Å². The average molecular weight is 404 g/mol. The lowest BCUT2D eigenvalue weighted by atomic mass is 10.2. The first-order chi connectivity index (χ1) is 11.8. The Kier molecular flexibility index (Phi) is 6.30. The number of anilines is 1. The lowest BCUT2D eigenvalue weighted by molar-refractivity contribution is 0.0950. The van der Waals surface area contributed by atoms with Crippen molar-refractivity contribution in [3.63, 3.8) is 0 Å². The number of nitrogens with two attached hydrogens (primary N) is 1. The molecule has 2 rings (SSSR count). The average Bonchev–Trinajstić information content (AvgIpc) is 2.59. The van der Waals surface area contributed by atoms with Gasteiger partial charge in [0.25, 0.3) is 5.91 Å². The molecule has 2 aromatic rings. The van der Waals surface area contributed by atoms with Crippen LogP contribution in [0.25, 0.3) is 0 Å². The van der Waals surface area contributed by atoms with Crippen LogP contribution in [-0.4, -0.2) is 28.8 Å². The van der Waals surface area contributed by atoms with Gasteiger partial charge in [0.05, 0.1) is 23.5 Å². The normalized spacial score (nSPS) is 10.9. The fourth-order valence-electron chi connectivity index (χ4n) is 1.78. The minimum atomic E-state index is -0.713. The van der Waals surface area contributed by atoms with Crippen LogP contribution in [0.2, 0.25) is 15.2 Å². The lowest BCUT2D eigenvalue weighted by Gasteiger charge is -2.08. The molecule has 0 saturated heterocycles. The van der Waals surface area contributed by atoms with Crippen LogP contribution < -0.4 is 15.9 Å². The van der Waals surface area contributed by atoms with Gasteiger partial charge in [0.1, 0.15) is 5.02 Å². The fourth-order valence-corrected chi connectivity index (χ4v) is 2.38. The Morgan fingerprint density at radius 2 is 2.12 bits per heavy atom. The molecule has 0 spiro atoms. The number of hydrazone groups is 1. The highest BCUT2D eigenvalue weighted by Gasteiger charge is 2.19. The van der Waals surface area contributed by atoms with Crippen LogP contribution in [0.5, 0.6) is 11.5 Å². The summed E-state index contributed by atoms with van der Waals surface area (Å²) in [6, 6.07) is 4.61. The quantitative estimate of drug-likeness (QED) is 0.402. The van der Waals surface area contributed by atoms with Gasteiger partial charge in [-0.3, -0.25) is 4.79 Å². The number of nitrogens with zero attached hydrogens (tertiary/aromatic N) is 2. The van der Waals surface area contributed by atoms with E-state index >= 15 is 0 Å². The number of aromatic hydroxyl groups is 1. The van der Waals surface area contributed by atoms with Crippen LogP contribution in [0.3, 0.4) is 0 Å². The summed E-state index contributed by atoms with van der Waals surface area (Å²) in [5.74, 6) is -0.402. The fraction of sp³-hybridized carbons (Fsp3) is 0.133. The zero-order valence-corrected chi connectivity index (χ0v) is 15.2. The highest BCUT2D eigenvalue weighted by molar-refractivity contribution is 6.46. The Hall–Kier alpha value is -2.22. The van der Waals surface area contributed by atoms with Crippen molar-refractivity contribution in [2.24, 2.45) is 5.10 Å². The molecule has 0 bridgehead atoms. The van der Waals surface area contributed by atoms with Gasteiger partial charge in [-0.1, -0.05) is 34.8 Å². The number of rotatable bonds is 5. The number of ether oxygens (including phenoxy) is 1. The van der Waals surface area contributed by atoms with E-state index in [1.807, 2.05) is 0 Å². The van der Waals surface area contributed by atoms with E-state index in [4.69, 9.17) is 45.3 Å². The number of aromatic nitrogens is 1. The predicted molar refractivity (Wildman–Crippen MR) is 98.0 cm³/mol. The number of nitrogens with one attached hydrogen (secondary N) is 1. The molecule has 132 valence electrons. The van der Waals surface area contributed by atoms with Crippen molar-refractivity contribution in [2.75, 3.05) is 12.3 Å². The summed E-state index contributed by atoms with van der Waals surface area (Å²) in [5.41, 5.74) is 8.25. The van der Waals surface area contributed by atoms with Gasteiger partial charge in [-0.2, -0.15) is 5.10 Å². The van der Waals surface area contributed by atoms with E-state index in [-0.39, 0.29) is 32.3 Å². The van der Waals surface area contributed by atoms with Crippen molar-refractivity contribution in [2.45, 2.75) is 6.92 Å². The van der Waals surface area contributed by atoms with Crippen molar-refractivity contribution < 1.29 is 14.6 Å². The number of phenols is 1. The number of pyridine rings is 1. The minimum absolute atomic E-state index is 0.00491. The summed E-state index contributed by atoms with van der Waals surface area (Å²) in [6.07, 6.45) is 1.36. The minimum Gasteiger partial charge on any atom is -0.504 e. The topological polar surface area (TPSA) is 110 Å². The van der Waals surface area contributed by atoms with Gasteiger partial charge in [-0.15, -0.1) is 0 Å². The Morgan fingerprint density at radius 3 is 2.80 bits per heavy atom. The number of amides is 1. The molecule has 0 aliphatic rings. The summed E-state index contributed by atoms with van der Waals surface area (Å²) in [5, 5.41) is 13.1. The van der Waals surface area contributed by atoms with E-state index < -0.39 is 5.91 Å². The second kappa shape index (κ2) is 8.24. The molecule has 0 radical (unpaired) electrons. The van der Waals surface area contributed by atoms with Crippen LogP contribution in [0.4, 0.5) is 5.69 Å². The van der Waals surface area contributed by atoms with Crippen molar-refractivity contribution in [3.05, 3.63) is 44.7 Å². The summed E-state index contributed by atoms with van der Waals surface area (Å²) < 4.78 is 5.26. The third-order valence-corrected chi connectivity index (χ3v) is 4.09. The molecule has 0 fully saturated rings. The molecule has 7 nitrogen and oxygen atoms in total. The molecule has 10 heteroatoms. The highest BCUT2D eigenvalue weighted by Crippen LogP contribution is 2.34. The van der Waals surface area contributed by atoms with Crippen molar-refractivity contribution >= 4 is 52.6 Å². The van der Waals surface area contributed by atoms with Crippen LogP contribution in [0.15, 0.2) is 23.3 Å². The molecule has 0 aliphatic carbocycles. The largest absolute Gasteiger partial charge is 0.504 e. The van der Waals surface area contributed by atoms with E-state index in [1.54, 1.807) is 19.1 Å². The van der Waals surface area contributed by atoms with Crippen LogP contribution in [0.1, 0.15) is 23.0 Å². The Balaban J connectivity index is 2.15. The monoisotopic (exact) mass is 402 g/mol. The molecule has 1 amide bonds. The summed E-state index contributed by atoms with van der Waals surface area (Å²) in [7, 11) is 0. The van der Waals surface area contributed by atoms with Crippen LogP contribution in [0, 0.1) is 0 Å². The maximum absolute atomic E-state index is 12.1. The number of hydrogen-bond donors (Lipinski definition) is 3. The number of carbonyl (C=O) groups excluding carboxylic acids is 1.